The molecule has 2 N–H and O–H groups in total. The molecule has 1 aromatic carbocycles. The molecule has 1 amide bonds. The third-order valence-corrected chi connectivity index (χ3v) is 3.84. The Morgan fingerprint density at radius 1 is 1.55 bits per heavy atom. The van der Waals surface area contributed by atoms with Crippen molar-refractivity contribution in [3.05, 3.63) is 23.8 Å². The van der Waals surface area contributed by atoms with Crippen molar-refractivity contribution < 1.29 is 9.53 Å². The van der Waals surface area contributed by atoms with Crippen LogP contribution in [0.2, 0.25) is 0 Å². The number of carbonyl (C=O) groups excluding carboxylic acids is 1. The number of nitrogens with one attached hydrogen (secondary N) is 2. The van der Waals surface area contributed by atoms with Crippen LogP contribution in [0, 0.1) is 0 Å². The Bertz CT molecular complexity index is 474. The van der Waals surface area contributed by atoms with Crippen LogP contribution in [0.15, 0.2) is 18.2 Å². The first-order valence-electron chi connectivity index (χ1n) is 7.31. The lowest BCUT2D eigenvalue weighted by Gasteiger charge is -2.26. The summed E-state index contributed by atoms with van der Waals surface area (Å²) in [6, 6.07) is 6.54. The molecule has 0 fully saturated rings. The van der Waals surface area contributed by atoms with E-state index in [0.717, 1.165) is 30.6 Å². The Morgan fingerprint density at radius 3 is 3.10 bits per heavy atom. The summed E-state index contributed by atoms with van der Waals surface area (Å²) in [4.78, 5) is 12.0. The molecule has 1 aromatic rings. The molecule has 0 radical (unpaired) electrons. The first kappa shape index (κ1) is 14.9. The summed E-state index contributed by atoms with van der Waals surface area (Å²) in [7, 11) is 1.67. The number of hydrogen-bond acceptors (Lipinski definition) is 3. The minimum absolute atomic E-state index is 0.0438. The van der Waals surface area contributed by atoms with E-state index in [2.05, 4.69) is 23.6 Å². The molecule has 4 nitrogen and oxygen atoms in total. The second-order valence-corrected chi connectivity index (χ2v) is 5.56. The van der Waals surface area contributed by atoms with Crippen LogP contribution in [0.1, 0.15) is 38.7 Å². The topological polar surface area (TPSA) is 50.4 Å². The van der Waals surface area contributed by atoms with E-state index < -0.39 is 0 Å². The number of rotatable bonds is 5. The summed E-state index contributed by atoms with van der Waals surface area (Å²) in [5.41, 5.74) is 3.26. The third kappa shape index (κ3) is 3.73. The third-order valence-electron chi connectivity index (χ3n) is 3.84. The molecule has 2 rings (SSSR count). The highest BCUT2D eigenvalue weighted by atomic mass is 16.5. The number of benzene rings is 1. The van der Waals surface area contributed by atoms with Crippen molar-refractivity contribution in [2.45, 2.75) is 51.7 Å². The monoisotopic (exact) mass is 276 g/mol. The fourth-order valence-electron chi connectivity index (χ4n) is 2.44. The molecule has 1 aliphatic rings. The van der Waals surface area contributed by atoms with Gasteiger partial charge in [-0.1, -0.05) is 12.1 Å². The second kappa shape index (κ2) is 6.75. The van der Waals surface area contributed by atoms with Crippen LogP contribution in [0.5, 0.6) is 0 Å². The van der Waals surface area contributed by atoms with E-state index in [1.165, 1.54) is 5.56 Å². The molecule has 0 saturated heterocycles. The summed E-state index contributed by atoms with van der Waals surface area (Å²) in [5.74, 6) is 0.0438. The summed E-state index contributed by atoms with van der Waals surface area (Å²) in [6.07, 6.45) is 3.53. The summed E-state index contributed by atoms with van der Waals surface area (Å²) < 4.78 is 5.16. The molecule has 0 aliphatic carbocycles. The highest BCUT2D eigenvalue weighted by molar-refractivity contribution is 5.95. The summed E-state index contributed by atoms with van der Waals surface area (Å²) in [5, 5.41) is 6.48. The van der Waals surface area contributed by atoms with Gasteiger partial charge in [0, 0.05) is 19.6 Å². The lowest BCUT2D eigenvalue weighted by molar-refractivity contribution is -0.116. The Labute approximate surface area is 120 Å². The van der Waals surface area contributed by atoms with Crippen LogP contribution in [-0.4, -0.2) is 25.2 Å². The van der Waals surface area contributed by atoms with Gasteiger partial charge in [0.1, 0.15) is 0 Å². The van der Waals surface area contributed by atoms with Crippen LogP contribution < -0.4 is 10.6 Å². The average molecular weight is 276 g/mol. The van der Waals surface area contributed by atoms with Gasteiger partial charge in [-0.15, -0.1) is 0 Å². The highest BCUT2D eigenvalue weighted by Crippen LogP contribution is 2.32. The number of fused-ring (bicyclic) bond motifs is 1. The van der Waals surface area contributed by atoms with Gasteiger partial charge in [-0.2, -0.15) is 0 Å². The van der Waals surface area contributed by atoms with E-state index in [1.807, 2.05) is 19.1 Å². The zero-order valence-corrected chi connectivity index (χ0v) is 12.5. The van der Waals surface area contributed by atoms with Crippen LogP contribution in [-0.2, 0) is 16.0 Å². The number of methoxy groups -OCH3 is 1. The zero-order valence-electron chi connectivity index (χ0n) is 12.5. The number of hydrogen-bond donors (Lipinski definition) is 2. The van der Waals surface area contributed by atoms with Gasteiger partial charge in [0.05, 0.1) is 17.5 Å². The maximum absolute atomic E-state index is 12.0. The Balaban J connectivity index is 2.01. The molecule has 1 aliphatic heterocycles. The van der Waals surface area contributed by atoms with Gasteiger partial charge in [-0.3, -0.25) is 4.79 Å². The van der Waals surface area contributed by atoms with Crippen molar-refractivity contribution in [2.24, 2.45) is 0 Å². The van der Waals surface area contributed by atoms with Crippen LogP contribution >= 0.6 is 0 Å². The van der Waals surface area contributed by atoms with Crippen LogP contribution in [0.25, 0.3) is 0 Å². The maximum Gasteiger partial charge on any atom is 0.224 e. The van der Waals surface area contributed by atoms with Gasteiger partial charge in [0.2, 0.25) is 5.91 Å². The SMILES string of the molecule is COC(C)CCC(=O)Nc1cccc2c1NC(C)CC2. The van der Waals surface area contributed by atoms with E-state index in [9.17, 15) is 4.79 Å². The standard InChI is InChI=1S/C16H24N2O2/c1-11-7-9-13-5-4-6-14(16(13)17-11)18-15(19)10-8-12(2)20-3/h4-6,11-12,17H,7-10H2,1-3H3,(H,18,19). The second-order valence-electron chi connectivity index (χ2n) is 5.56. The first-order valence-corrected chi connectivity index (χ1v) is 7.31. The quantitative estimate of drug-likeness (QED) is 0.868. The molecule has 0 spiro atoms. The molecule has 4 heteroatoms. The predicted molar refractivity (Wildman–Crippen MR) is 82.2 cm³/mol. The smallest absolute Gasteiger partial charge is 0.224 e. The molecule has 0 saturated carbocycles. The number of amides is 1. The molecule has 2 atom stereocenters. The van der Waals surface area contributed by atoms with E-state index >= 15 is 0 Å². The predicted octanol–water partition coefficient (Wildman–Crippen LogP) is 3.19. The van der Waals surface area contributed by atoms with Crippen molar-refractivity contribution >= 4 is 17.3 Å². The normalized spacial score (nSPS) is 18.9. The van der Waals surface area contributed by atoms with Gasteiger partial charge < -0.3 is 15.4 Å². The lowest BCUT2D eigenvalue weighted by Crippen LogP contribution is -2.24. The Morgan fingerprint density at radius 2 is 2.35 bits per heavy atom. The minimum atomic E-state index is 0.0438. The molecular weight excluding hydrogens is 252 g/mol. The molecule has 2 unspecified atom stereocenters. The van der Waals surface area contributed by atoms with E-state index in [0.29, 0.717) is 12.5 Å². The maximum atomic E-state index is 12.0. The van der Waals surface area contributed by atoms with Crippen LogP contribution in [0.3, 0.4) is 0 Å². The molecular formula is C16H24N2O2. The molecule has 0 bridgehead atoms. The van der Waals surface area contributed by atoms with Gasteiger partial charge in [0.15, 0.2) is 0 Å². The average Bonchev–Trinajstić information content (AvgIpc) is 2.45. The molecule has 20 heavy (non-hydrogen) atoms. The van der Waals surface area contributed by atoms with Gasteiger partial charge in [-0.05, 0) is 44.7 Å². The fourth-order valence-corrected chi connectivity index (χ4v) is 2.44. The summed E-state index contributed by atoms with van der Waals surface area (Å²) >= 11 is 0. The van der Waals surface area contributed by atoms with Crippen LogP contribution in [0.4, 0.5) is 11.4 Å². The zero-order chi connectivity index (χ0) is 14.5. The molecule has 110 valence electrons. The molecule has 1 heterocycles. The van der Waals surface area contributed by atoms with Crippen molar-refractivity contribution in [1.82, 2.24) is 0 Å². The largest absolute Gasteiger partial charge is 0.382 e. The number of anilines is 2. The number of para-hydroxylation sites is 1. The van der Waals surface area contributed by atoms with Crippen molar-refractivity contribution in [3.8, 4) is 0 Å². The molecule has 0 aromatic heterocycles. The van der Waals surface area contributed by atoms with Crippen molar-refractivity contribution in [2.75, 3.05) is 17.7 Å². The minimum Gasteiger partial charge on any atom is -0.382 e. The Kier molecular flexibility index (Phi) is 5.01. The van der Waals surface area contributed by atoms with E-state index in [4.69, 9.17) is 4.74 Å². The van der Waals surface area contributed by atoms with Crippen molar-refractivity contribution in [3.63, 3.8) is 0 Å². The Hall–Kier alpha value is -1.55. The number of aryl methyl sites for hydroxylation is 1. The lowest BCUT2D eigenvalue weighted by atomic mass is 9.98. The fraction of sp³-hybridized carbons (Fsp3) is 0.562. The van der Waals surface area contributed by atoms with Crippen molar-refractivity contribution in [1.29, 1.82) is 0 Å². The number of ether oxygens (including phenoxy) is 1. The van der Waals surface area contributed by atoms with E-state index in [1.54, 1.807) is 7.11 Å². The van der Waals surface area contributed by atoms with E-state index in [-0.39, 0.29) is 12.0 Å². The first-order chi connectivity index (χ1) is 9.60. The van der Waals surface area contributed by atoms with Gasteiger partial charge >= 0.3 is 0 Å². The highest BCUT2D eigenvalue weighted by Gasteiger charge is 2.18. The number of carbonyl (C=O) groups is 1. The van der Waals surface area contributed by atoms with Gasteiger partial charge in [0.25, 0.3) is 0 Å². The van der Waals surface area contributed by atoms with Gasteiger partial charge in [-0.25, -0.2) is 0 Å². The summed E-state index contributed by atoms with van der Waals surface area (Å²) in [6.45, 7) is 4.14.